The molecular formula is C22H17Cl2F3N2O2. The normalized spacial score (nSPS) is 11.5. The van der Waals surface area contributed by atoms with Crippen LogP contribution in [0.5, 0.6) is 11.5 Å². The van der Waals surface area contributed by atoms with Crippen LogP contribution in [-0.2, 0) is 12.8 Å². The van der Waals surface area contributed by atoms with Crippen molar-refractivity contribution in [2.24, 2.45) is 5.10 Å². The summed E-state index contributed by atoms with van der Waals surface area (Å²) in [5.74, 6) is 0.908. The van der Waals surface area contributed by atoms with Crippen LogP contribution in [0.2, 0.25) is 10.0 Å². The number of methoxy groups -OCH3 is 1. The van der Waals surface area contributed by atoms with E-state index in [0.717, 1.165) is 11.6 Å². The third-order valence-corrected chi connectivity index (χ3v) is 4.80. The molecule has 0 heterocycles. The molecule has 3 aromatic rings. The Hall–Kier alpha value is -2.90. The molecule has 31 heavy (non-hydrogen) atoms. The molecule has 0 saturated heterocycles. The van der Waals surface area contributed by atoms with Gasteiger partial charge in [-0.3, -0.25) is 5.43 Å². The van der Waals surface area contributed by atoms with Gasteiger partial charge >= 0.3 is 6.18 Å². The second kappa shape index (κ2) is 9.94. The standard InChI is InChI=1S/C22H17Cl2F3N2O2/c1-30-21-10-14(12-28-29-19-5-3-2-4-17(19)22(25,26)27)6-9-20(21)31-13-15-7-8-16(23)11-18(15)24/h2-12,29H,13H2,1H3/b28-12+. The Labute approximate surface area is 187 Å². The highest BCUT2D eigenvalue weighted by Gasteiger charge is 2.33. The largest absolute Gasteiger partial charge is 0.493 e. The van der Waals surface area contributed by atoms with Gasteiger partial charge in [-0.25, -0.2) is 0 Å². The lowest BCUT2D eigenvalue weighted by Gasteiger charge is -2.13. The van der Waals surface area contributed by atoms with E-state index in [1.54, 1.807) is 36.4 Å². The fourth-order valence-corrected chi connectivity index (χ4v) is 3.15. The number of hydrazone groups is 1. The van der Waals surface area contributed by atoms with Gasteiger partial charge in [0.2, 0.25) is 0 Å². The van der Waals surface area contributed by atoms with Crippen LogP contribution in [0.4, 0.5) is 18.9 Å². The van der Waals surface area contributed by atoms with E-state index in [1.807, 2.05) is 0 Å². The van der Waals surface area contributed by atoms with Gasteiger partial charge in [0, 0.05) is 15.6 Å². The first-order valence-electron chi connectivity index (χ1n) is 8.98. The van der Waals surface area contributed by atoms with E-state index in [2.05, 4.69) is 10.5 Å². The first-order valence-corrected chi connectivity index (χ1v) is 9.73. The summed E-state index contributed by atoms with van der Waals surface area (Å²) in [6.07, 6.45) is -3.09. The smallest absolute Gasteiger partial charge is 0.418 e. The first kappa shape index (κ1) is 22.8. The van der Waals surface area contributed by atoms with Crippen molar-refractivity contribution >= 4 is 35.1 Å². The third kappa shape index (κ3) is 6.06. The zero-order valence-corrected chi connectivity index (χ0v) is 17.7. The molecule has 0 atom stereocenters. The second-order valence-corrected chi connectivity index (χ2v) is 7.19. The highest BCUT2D eigenvalue weighted by atomic mass is 35.5. The number of anilines is 1. The number of nitrogens with one attached hydrogen (secondary N) is 1. The van der Waals surface area contributed by atoms with Crippen molar-refractivity contribution in [2.75, 3.05) is 12.5 Å². The number of benzene rings is 3. The van der Waals surface area contributed by atoms with Crippen LogP contribution in [0.25, 0.3) is 0 Å². The zero-order valence-electron chi connectivity index (χ0n) is 16.2. The van der Waals surface area contributed by atoms with E-state index in [1.165, 1.54) is 31.5 Å². The summed E-state index contributed by atoms with van der Waals surface area (Å²) < 4.78 is 50.3. The van der Waals surface area contributed by atoms with Gasteiger partial charge < -0.3 is 9.47 Å². The summed E-state index contributed by atoms with van der Waals surface area (Å²) in [7, 11) is 1.48. The van der Waals surface area contributed by atoms with Gasteiger partial charge in [0.15, 0.2) is 11.5 Å². The van der Waals surface area contributed by atoms with Crippen LogP contribution in [-0.4, -0.2) is 13.3 Å². The average molecular weight is 469 g/mol. The lowest BCUT2D eigenvalue weighted by molar-refractivity contribution is -0.136. The molecule has 0 aliphatic carbocycles. The van der Waals surface area contributed by atoms with E-state index in [0.29, 0.717) is 27.1 Å². The van der Waals surface area contributed by atoms with Crippen molar-refractivity contribution < 1.29 is 22.6 Å². The van der Waals surface area contributed by atoms with Crippen molar-refractivity contribution in [3.63, 3.8) is 0 Å². The predicted octanol–water partition coefficient (Wildman–Crippen LogP) is 7.05. The monoisotopic (exact) mass is 468 g/mol. The minimum atomic E-state index is -4.48. The molecule has 0 unspecified atom stereocenters. The first-order chi connectivity index (χ1) is 14.8. The number of para-hydroxylation sites is 1. The zero-order chi connectivity index (χ0) is 22.4. The summed E-state index contributed by atoms with van der Waals surface area (Å²) in [5, 5.41) is 4.92. The Balaban J connectivity index is 1.70. The minimum absolute atomic E-state index is 0.141. The molecule has 1 N–H and O–H groups in total. The number of hydrogen-bond donors (Lipinski definition) is 1. The number of ether oxygens (including phenoxy) is 2. The highest BCUT2D eigenvalue weighted by Crippen LogP contribution is 2.34. The number of alkyl halides is 3. The summed E-state index contributed by atoms with van der Waals surface area (Å²) in [6.45, 7) is 0.204. The van der Waals surface area contributed by atoms with E-state index in [-0.39, 0.29) is 12.3 Å². The van der Waals surface area contributed by atoms with Gasteiger partial charge in [-0.15, -0.1) is 0 Å². The van der Waals surface area contributed by atoms with Gasteiger partial charge in [0.25, 0.3) is 0 Å². The molecule has 3 aromatic carbocycles. The molecule has 9 heteroatoms. The van der Waals surface area contributed by atoms with Crippen LogP contribution in [0.3, 0.4) is 0 Å². The molecule has 4 nitrogen and oxygen atoms in total. The number of rotatable bonds is 7. The van der Waals surface area contributed by atoms with Crippen molar-refractivity contribution in [3.8, 4) is 11.5 Å². The Bertz CT molecular complexity index is 1090. The molecule has 0 spiro atoms. The third-order valence-electron chi connectivity index (χ3n) is 4.22. The molecular weight excluding hydrogens is 452 g/mol. The van der Waals surface area contributed by atoms with Gasteiger partial charge in [0.05, 0.1) is 24.6 Å². The Kier molecular flexibility index (Phi) is 7.30. The van der Waals surface area contributed by atoms with Crippen LogP contribution in [0.1, 0.15) is 16.7 Å². The van der Waals surface area contributed by atoms with Gasteiger partial charge in [0.1, 0.15) is 6.61 Å². The van der Waals surface area contributed by atoms with E-state index in [4.69, 9.17) is 32.7 Å². The SMILES string of the molecule is COc1cc(/C=N/Nc2ccccc2C(F)(F)F)ccc1OCc1ccc(Cl)cc1Cl. The molecule has 0 aliphatic heterocycles. The minimum Gasteiger partial charge on any atom is -0.493 e. The maximum atomic E-state index is 13.0. The molecule has 162 valence electrons. The number of nitrogens with zero attached hydrogens (tertiary/aromatic N) is 1. The fourth-order valence-electron chi connectivity index (χ4n) is 2.68. The molecule has 0 fully saturated rings. The molecule has 0 radical (unpaired) electrons. The predicted molar refractivity (Wildman–Crippen MR) is 116 cm³/mol. The average Bonchev–Trinajstić information content (AvgIpc) is 2.73. The maximum absolute atomic E-state index is 13.0. The molecule has 3 rings (SSSR count). The molecule has 0 amide bonds. The molecule has 0 saturated carbocycles. The Morgan fingerprint density at radius 2 is 1.77 bits per heavy atom. The van der Waals surface area contributed by atoms with Crippen LogP contribution in [0.15, 0.2) is 65.8 Å². The molecule has 0 bridgehead atoms. The Morgan fingerprint density at radius 3 is 2.48 bits per heavy atom. The van der Waals surface area contributed by atoms with Crippen molar-refractivity contribution in [3.05, 3.63) is 87.4 Å². The topological polar surface area (TPSA) is 42.8 Å². The molecule has 0 aliphatic rings. The summed E-state index contributed by atoms with van der Waals surface area (Å²) in [4.78, 5) is 0. The summed E-state index contributed by atoms with van der Waals surface area (Å²) in [6, 6.07) is 15.2. The quantitative estimate of drug-likeness (QED) is 0.298. The second-order valence-electron chi connectivity index (χ2n) is 6.35. The van der Waals surface area contributed by atoms with E-state index in [9.17, 15) is 13.2 Å². The van der Waals surface area contributed by atoms with Crippen molar-refractivity contribution in [2.45, 2.75) is 12.8 Å². The number of hydrogen-bond acceptors (Lipinski definition) is 4. The lowest BCUT2D eigenvalue weighted by Crippen LogP contribution is -2.08. The number of halogens is 5. The van der Waals surface area contributed by atoms with Crippen molar-refractivity contribution in [1.29, 1.82) is 0 Å². The fraction of sp³-hybridized carbons (Fsp3) is 0.136. The van der Waals surface area contributed by atoms with Crippen LogP contribution in [0, 0.1) is 0 Å². The lowest BCUT2D eigenvalue weighted by atomic mass is 10.2. The van der Waals surface area contributed by atoms with Gasteiger partial charge in [-0.1, -0.05) is 41.4 Å². The van der Waals surface area contributed by atoms with Crippen LogP contribution >= 0.6 is 23.2 Å². The summed E-state index contributed by atoms with van der Waals surface area (Å²) in [5.41, 5.74) is 2.85. The van der Waals surface area contributed by atoms with Crippen LogP contribution < -0.4 is 14.9 Å². The summed E-state index contributed by atoms with van der Waals surface area (Å²) >= 11 is 12.0. The van der Waals surface area contributed by atoms with Crippen molar-refractivity contribution in [1.82, 2.24) is 0 Å². The van der Waals surface area contributed by atoms with E-state index < -0.39 is 11.7 Å². The van der Waals surface area contributed by atoms with Gasteiger partial charge in [-0.05, 0) is 48.0 Å². The van der Waals surface area contributed by atoms with Gasteiger partial charge in [-0.2, -0.15) is 18.3 Å². The maximum Gasteiger partial charge on any atom is 0.418 e. The molecule has 0 aromatic heterocycles. The Morgan fingerprint density at radius 1 is 1.00 bits per heavy atom. The highest BCUT2D eigenvalue weighted by molar-refractivity contribution is 6.35. The van der Waals surface area contributed by atoms with E-state index >= 15 is 0 Å².